The first-order valence-corrected chi connectivity index (χ1v) is 12.8. The molecule has 1 atom stereocenters. The van der Waals surface area contributed by atoms with Gasteiger partial charge in [0.05, 0.1) is 23.0 Å². The summed E-state index contributed by atoms with van der Waals surface area (Å²) in [7, 11) is 1.68. The van der Waals surface area contributed by atoms with Gasteiger partial charge in [0.25, 0.3) is 0 Å². The first-order valence-electron chi connectivity index (χ1n) is 12.0. The largest absolute Gasteiger partial charge is 0.497 e. The molecule has 0 radical (unpaired) electrons. The highest BCUT2D eigenvalue weighted by Crippen LogP contribution is 2.38. The summed E-state index contributed by atoms with van der Waals surface area (Å²) in [6.07, 6.45) is 3.24. The minimum absolute atomic E-state index is 0.343. The van der Waals surface area contributed by atoms with Gasteiger partial charge in [0.2, 0.25) is 12.1 Å². The topological polar surface area (TPSA) is 72.7 Å². The van der Waals surface area contributed by atoms with Crippen molar-refractivity contribution in [2.24, 2.45) is 0 Å². The SMILES string of the molecule is COc1ccc2nc(NCc3cc(C4OC=CN4c4onc(C)c4C)ccc3-c3ccccc3)sc2c1. The van der Waals surface area contributed by atoms with E-state index in [1.54, 1.807) is 24.7 Å². The Balaban J connectivity index is 1.33. The maximum Gasteiger partial charge on any atom is 0.237 e. The van der Waals surface area contributed by atoms with Crippen LogP contribution in [-0.4, -0.2) is 17.3 Å². The summed E-state index contributed by atoms with van der Waals surface area (Å²) in [6, 6.07) is 22.8. The maximum absolute atomic E-state index is 6.01. The number of methoxy groups -OCH3 is 1. The molecule has 0 aliphatic carbocycles. The van der Waals surface area contributed by atoms with Crippen LogP contribution in [0.5, 0.6) is 5.75 Å². The second-order valence-electron chi connectivity index (χ2n) is 8.87. The van der Waals surface area contributed by atoms with E-state index < -0.39 is 0 Å². The molecule has 1 unspecified atom stereocenters. The number of hydrogen-bond donors (Lipinski definition) is 1. The third-order valence-corrected chi connectivity index (χ3v) is 7.55. The van der Waals surface area contributed by atoms with Gasteiger partial charge in [0, 0.05) is 23.9 Å². The summed E-state index contributed by atoms with van der Waals surface area (Å²) in [6.45, 7) is 4.55. The van der Waals surface area contributed by atoms with Crippen LogP contribution in [0.3, 0.4) is 0 Å². The van der Waals surface area contributed by atoms with Gasteiger partial charge >= 0.3 is 0 Å². The lowest BCUT2D eigenvalue weighted by molar-refractivity contribution is 0.169. The average molecular weight is 511 g/mol. The fourth-order valence-electron chi connectivity index (χ4n) is 4.47. The van der Waals surface area contributed by atoms with Crippen LogP contribution in [0.15, 0.2) is 83.7 Å². The molecule has 186 valence electrons. The van der Waals surface area contributed by atoms with E-state index >= 15 is 0 Å². The number of ether oxygens (including phenoxy) is 2. The number of hydrogen-bond acceptors (Lipinski definition) is 8. The minimum Gasteiger partial charge on any atom is -0.497 e. The lowest BCUT2D eigenvalue weighted by Gasteiger charge is -2.23. The molecular weight excluding hydrogens is 484 g/mol. The molecule has 2 aromatic heterocycles. The summed E-state index contributed by atoms with van der Waals surface area (Å²) in [5, 5.41) is 8.52. The molecule has 6 rings (SSSR count). The van der Waals surface area contributed by atoms with Crippen molar-refractivity contribution < 1.29 is 14.0 Å². The highest BCUT2D eigenvalue weighted by Gasteiger charge is 2.29. The van der Waals surface area contributed by atoms with E-state index in [4.69, 9.17) is 19.0 Å². The summed E-state index contributed by atoms with van der Waals surface area (Å²) >= 11 is 1.61. The quantitative estimate of drug-likeness (QED) is 0.248. The summed E-state index contributed by atoms with van der Waals surface area (Å²) < 4.78 is 18.1. The Bertz CT molecular complexity index is 1590. The highest BCUT2D eigenvalue weighted by atomic mass is 32.1. The van der Waals surface area contributed by atoms with Crippen LogP contribution in [0, 0.1) is 13.8 Å². The minimum atomic E-state index is -0.343. The summed E-state index contributed by atoms with van der Waals surface area (Å²) in [4.78, 5) is 6.74. The van der Waals surface area contributed by atoms with Crippen molar-refractivity contribution in [3.63, 3.8) is 0 Å². The number of benzene rings is 3. The smallest absolute Gasteiger partial charge is 0.237 e. The third-order valence-electron chi connectivity index (χ3n) is 6.57. The standard InChI is InChI=1S/C29H26N4O3S/c1-18-19(2)32-36-27(18)33-13-14-35-28(33)21-9-11-24(20-7-5-4-6-8-20)22(15-21)17-30-29-31-25-12-10-23(34-3)16-26(25)37-29/h4-16,28H,17H2,1-3H3,(H,30,31). The fraction of sp³-hybridized carbons (Fsp3) is 0.172. The normalized spacial score (nSPS) is 14.8. The van der Waals surface area contributed by atoms with Crippen molar-refractivity contribution in [1.29, 1.82) is 0 Å². The molecule has 0 saturated carbocycles. The highest BCUT2D eigenvalue weighted by molar-refractivity contribution is 7.22. The van der Waals surface area contributed by atoms with Crippen LogP contribution in [-0.2, 0) is 11.3 Å². The van der Waals surface area contributed by atoms with Gasteiger partial charge in [0.1, 0.15) is 12.0 Å². The molecule has 3 aromatic carbocycles. The molecule has 0 saturated heterocycles. The van der Waals surface area contributed by atoms with Crippen LogP contribution in [0.2, 0.25) is 0 Å². The Morgan fingerprint density at radius 2 is 1.92 bits per heavy atom. The van der Waals surface area contributed by atoms with E-state index in [0.29, 0.717) is 12.4 Å². The van der Waals surface area contributed by atoms with Crippen LogP contribution in [0.1, 0.15) is 28.6 Å². The van der Waals surface area contributed by atoms with Crippen LogP contribution in [0.25, 0.3) is 21.3 Å². The molecule has 7 nitrogen and oxygen atoms in total. The van der Waals surface area contributed by atoms with Gasteiger partial charge in [-0.15, -0.1) is 0 Å². The molecular formula is C29H26N4O3S. The van der Waals surface area contributed by atoms with E-state index in [-0.39, 0.29) is 6.23 Å². The van der Waals surface area contributed by atoms with E-state index in [1.165, 1.54) is 0 Å². The molecule has 0 bridgehead atoms. The second kappa shape index (κ2) is 9.63. The number of nitrogens with zero attached hydrogens (tertiary/aromatic N) is 3. The fourth-order valence-corrected chi connectivity index (χ4v) is 5.36. The van der Waals surface area contributed by atoms with Gasteiger partial charge in [-0.3, -0.25) is 4.90 Å². The molecule has 0 fully saturated rings. The average Bonchev–Trinajstić information content (AvgIpc) is 3.66. The Hall–Kier alpha value is -4.30. The van der Waals surface area contributed by atoms with Gasteiger partial charge in [-0.1, -0.05) is 59.0 Å². The molecule has 8 heteroatoms. The predicted molar refractivity (Wildman–Crippen MR) is 147 cm³/mol. The number of rotatable bonds is 7. The molecule has 0 spiro atoms. The Labute approximate surface area is 219 Å². The van der Waals surface area contributed by atoms with Crippen molar-refractivity contribution in [3.05, 3.63) is 102 Å². The zero-order valence-electron chi connectivity index (χ0n) is 20.8. The molecule has 1 aliphatic heterocycles. The monoisotopic (exact) mass is 510 g/mol. The zero-order valence-corrected chi connectivity index (χ0v) is 21.6. The molecule has 0 amide bonds. The van der Waals surface area contributed by atoms with Crippen molar-refractivity contribution >= 4 is 32.6 Å². The first-order chi connectivity index (χ1) is 18.1. The van der Waals surface area contributed by atoms with Crippen LogP contribution < -0.4 is 15.0 Å². The Morgan fingerprint density at radius 3 is 2.70 bits per heavy atom. The zero-order chi connectivity index (χ0) is 25.4. The lowest BCUT2D eigenvalue weighted by atomic mass is 9.96. The Morgan fingerprint density at radius 1 is 1.05 bits per heavy atom. The van der Waals surface area contributed by atoms with Crippen LogP contribution >= 0.6 is 11.3 Å². The predicted octanol–water partition coefficient (Wildman–Crippen LogP) is 7.20. The van der Waals surface area contributed by atoms with Gasteiger partial charge < -0.3 is 19.3 Å². The van der Waals surface area contributed by atoms with Gasteiger partial charge in [-0.2, -0.15) is 0 Å². The van der Waals surface area contributed by atoms with E-state index in [1.807, 2.05) is 49.2 Å². The molecule has 1 N–H and O–H groups in total. The second-order valence-corrected chi connectivity index (χ2v) is 9.90. The number of thiazole rings is 1. The molecule has 1 aliphatic rings. The van der Waals surface area contributed by atoms with Crippen molar-refractivity contribution in [3.8, 4) is 16.9 Å². The number of fused-ring (bicyclic) bond motifs is 1. The molecule has 5 aromatic rings. The molecule has 3 heterocycles. The van der Waals surface area contributed by atoms with Crippen molar-refractivity contribution in [2.45, 2.75) is 26.6 Å². The number of aromatic nitrogens is 2. The van der Waals surface area contributed by atoms with Crippen molar-refractivity contribution in [1.82, 2.24) is 10.1 Å². The van der Waals surface area contributed by atoms with Crippen molar-refractivity contribution in [2.75, 3.05) is 17.3 Å². The summed E-state index contributed by atoms with van der Waals surface area (Å²) in [5.74, 6) is 1.52. The van der Waals surface area contributed by atoms with Gasteiger partial charge in [-0.25, -0.2) is 4.98 Å². The van der Waals surface area contributed by atoms with E-state index in [0.717, 1.165) is 54.6 Å². The van der Waals surface area contributed by atoms with Gasteiger partial charge in [0.15, 0.2) is 5.13 Å². The summed E-state index contributed by atoms with van der Waals surface area (Å²) in [5.41, 5.74) is 7.28. The number of anilines is 2. The van der Waals surface area contributed by atoms with E-state index in [9.17, 15) is 0 Å². The van der Waals surface area contributed by atoms with Crippen LogP contribution in [0.4, 0.5) is 11.0 Å². The first kappa shape index (κ1) is 23.1. The lowest BCUT2D eigenvalue weighted by Crippen LogP contribution is -2.20. The van der Waals surface area contributed by atoms with E-state index in [2.05, 4.69) is 52.9 Å². The Kier molecular flexibility index (Phi) is 6.02. The maximum atomic E-state index is 6.01. The third kappa shape index (κ3) is 4.40. The number of aryl methyl sites for hydroxylation is 1. The molecule has 37 heavy (non-hydrogen) atoms. The number of nitrogens with one attached hydrogen (secondary N) is 1. The van der Waals surface area contributed by atoms with Gasteiger partial charge in [-0.05, 0) is 54.8 Å².